The number of methoxy groups -OCH3 is 2. The first-order valence-electron chi connectivity index (χ1n) is 4.84. The van der Waals surface area contributed by atoms with Crippen LogP contribution in [0.2, 0.25) is 0 Å². The second-order valence-electron chi connectivity index (χ2n) is 4.36. The molecule has 0 rings (SSSR count). The lowest BCUT2D eigenvalue weighted by Crippen LogP contribution is -2.56. The van der Waals surface area contributed by atoms with Gasteiger partial charge < -0.3 is 14.6 Å². The third-order valence-corrected chi connectivity index (χ3v) is 1.80. The number of esters is 2. The number of rotatable bonds is 4. The van der Waals surface area contributed by atoms with Gasteiger partial charge in [0.15, 0.2) is 6.10 Å². The molecule has 0 aromatic carbocycles. The van der Waals surface area contributed by atoms with Crippen LogP contribution in [0, 0.1) is 0 Å². The largest absolute Gasteiger partial charge is 0.468 e. The molecule has 0 saturated heterocycles. The summed E-state index contributed by atoms with van der Waals surface area (Å²) in [5.41, 5.74) is -0.451. The van der Waals surface area contributed by atoms with Gasteiger partial charge in [-0.05, 0) is 20.8 Å². The van der Waals surface area contributed by atoms with Crippen molar-refractivity contribution in [3.8, 4) is 0 Å². The minimum Gasteiger partial charge on any atom is -0.468 e. The molecule has 0 fully saturated rings. The normalized spacial score (nSPS) is 15.1. The minimum atomic E-state index is -1.59. The molecule has 0 spiro atoms. The van der Waals surface area contributed by atoms with Gasteiger partial charge in [-0.1, -0.05) is 0 Å². The summed E-state index contributed by atoms with van der Waals surface area (Å²) in [4.78, 5) is 22.5. The molecule has 0 aliphatic carbocycles. The zero-order valence-corrected chi connectivity index (χ0v) is 10.2. The highest BCUT2D eigenvalue weighted by Gasteiger charge is 2.36. The van der Waals surface area contributed by atoms with Crippen molar-refractivity contribution in [1.29, 1.82) is 0 Å². The molecule has 0 heterocycles. The van der Waals surface area contributed by atoms with Gasteiger partial charge in [0, 0.05) is 5.54 Å². The van der Waals surface area contributed by atoms with E-state index in [0.717, 1.165) is 7.11 Å². The third kappa shape index (κ3) is 4.59. The van der Waals surface area contributed by atoms with Gasteiger partial charge in [0.1, 0.15) is 6.04 Å². The van der Waals surface area contributed by atoms with Gasteiger partial charge in [-0.2, -0.15) is 0 Å². The van der Waals surface area contributed by atoms with E-state index in [1.807, 2.05) is 0 Å². The first kappa shape index (κ1) is 14.9. The van der Waals surface area contributed by atoms with Crippen LogP contribution in [0.1, 0.15) is 20.8 Å². The molecular formula is C10H19NO5. The first-order chi connectivity index (χ1) is 7.22. The van der Waals surface area contributed by atoms with Gasteiger partial charge in [0.2, 0.25) is 0 Å². The van der Waals surface area contributed by atoms with Crippen LogP contribution in [-0.2, 0) is 19.1 Å². The van der Waals surface area contributed by atoms with Crippen molar-refractivity contribution >= 4 is 11.9 Å². The van der Waals surface area contributed by atoms with Crippen LogP contribution in [0.4, 0.5) is 0 Å². The van der Waals surface area contributed by atoms with Crippen LogP contribution < -0.4 is 5.32 Å². The van der Waals surface area contributed by atoms with E-state index < -0.39 is 29.6 Å². The van der Waals surface area contributed by atoms with Gasteiger partial charge in [0.25, 0.3) is 0 Å². The average Bonchev–Trinajstić information content (AvgIpc) is 2.21. The van der Waals surface area contributed by atoms with E-state index in [0.29, 0.717) is 0 Å². The van der Waals surface area contributed by atoms with E-state index in [1.54, 1.807) is 20.8 Å². The summed E-state index contributed by atoms with van der Waals surface area (Å²) >= 11 is 0. The Morgan fingerprint density at radius 1 is 1.12 bits per heavy atom. The van der Waals surface area contributed by atoms with Gasteiger partial charge in [0.05, 0.1) is 14.2 Å². The Morgan fingerprint density at radius 3 is 1.88 bits per heavy atom. The number of aliphatic hydroxyl groups is 1. The van der Waals surface area contributed by atoms with Crippen LogP contribution in [0.15, 0.2) is 0 Å². The van der Waals surface area contributed by atoms with Crippen LogP contribution in [-0.4, -0.2) is 48.9 Å². The molecule has 0 radical (unpaired) electrons. The van der Waals surface area contributed by atoms with Gasteiger partial charge in [-0.25, -0.2) is 4.79 Å². The molecule has 0 aromatic rings. The summed E-state index contributed by atoms with van der Waals surface area (Å²) in [7, 11) is 2.32. The van der Waals surface area contributed by atoms with E-state index in [-0.39, 0.29) is 0 Å². The lowest BCUT2D eigenvalue weighted by Gasteiger charge is -2.28. The summed E-state index contributed by atoms with van der Waals surface area (Å²) in [6.45, 7) is 5.40. The fourth-order valence-corrected chi connectivity index (χ4v) is 1.12. The van der Waals surface area contributed by atoms with Gasteiger partial charge in [-0.3, -0.25) is 10.1 Å². The van der Waals surface area contributed by atoms with Crippen molar-refractivity contribution < 1.29 is 24.2 Å². The highest BCUT2D eigenvalue weighted by atomic mass is 16.5. The fraction of sp³-hybridized carbons (Fsp3) is 0.800. The second-order valence-corrected chi connectivity index (χ2v) is 4.36. The molecule has 2 atom stereocenters. The van der Waals surface area contributed by atoms with Crippen LogP contribution in [0.25, 0.3) is 0 Å². The quantitative estimate of drug-likeness (QED) is 0.634. The number of carbonyl (C=O) groups is 2. The maximum absolute atomic E-state index is 11.4. The SMILES string of the molecule is COC(=O)[C@H](O)[C@@H](NC(C)(C)C)C(=O)OC. The first-order valence-corrected chi connectivity index (χ1v) is 4.84. The molecule has 0 amide bonds. The van der Waals surface area contributed by atoms with E-state index in [1.165, 1.54) is 7.11 Å². The number of ether oxygens (including phenoxy) is 2. The molecule has 0 aromatic heterocycles. The zero-order valence-electron chi connectivity index (χ0n) is 10.2. The van der Waals surface area contributed by atoms with Crippen molar-refractivity contribution in [3.63, 3.8) is 0 Å². The molecule has 0 unspecified atom stereocenters. The smallest absolute Gasteiger partial charge is 0.336 e. The second kappa shape index (κ2) is 5.81. The van der Waals surface area contributed by atoms with E-state index >= 15 is 0 Å². The number of nitrogens with one attached hydrogen (secondary N) is 1. The number of hydrogen-bond acceptors (Lipinski definition) is 6. The van der Waals surface area contributed by atoms with E-state index in [2.05, 4.69) is 14.8 Å². The molecule has 0 aliphatic heterocycles. The van der Waals surface area contributed by atoms with Crippen molar-refractivity contribution in [2.45, 2.75) is 38.5 Å². The number of hydrogen-bond donors (Lipinski definition) is 2. The molecular weight excluding hydrogens is 214 g/mol. The van der Waals surface area contributed by atoms with Crippen molar-refractivity contribution in [2.24, 2.45) is 0 Å². The molecule has 6 heteroatoms. The van der Waals surface area contributed by atoms with E-state index in [4.69, 9.17) is 0 Å². The zero-order chi connectivity index (χ0) is 12.9. The van der Waals surface area contributed by atoms with Crippen molar-refractivity contribution in [1.82, 2.24) is 5.32 Å². The summed E-state index contributed by atoms with van der Waals surface area (Å²) in [6, 6.07) is -1.14. The Hall–Kier alpha value is -1.14. The molecule has 0 saturated carbocycles. The monoisotopic (exact) mass is 233 g/mol. The molecule has 0 bridgehead atoms. The highest BCUT2D eigenvalue weighted by Crippen LogP contribution is 2.07. The Balaban J connectivity index is 4.80. The van der Waals surface area contributed by atoms with Crippen LogP contribution in [0.3, 0.4) is 0 Å². The molecule has 94 valence electrons. The predicted molar refractivity (Wildman–Crippen MR) is 56.7 cm³/mol. The van der Waals surface area contributed by atoms with Gasteiger partial charge >= 0.3 is 11.9 Å². The average molecular weight is 233 g/mol. The standard InChI is InChI=1S/C10H19NO5/c1-10(2,3)11-6(8(13)15-4)7(12)9(14)16-5/h6-7,11-12H,1-5H3/t6-,7-/m1/s1. The Morgan fingerprint density at radius 2 is 1.56 bits per heavy atom. The fourth-order valence-electron chi connectivity index (χ4n) is 1.12. The number of carbonyl (C=O) groups excluding carboxylic acids is 2. The molecule has 0 aliphatic rings. The highest BCUT2D eigenvalue weighted by molar-refractivity contribution is 5.86. The van der Waals surface area contributed by atoms with Crippen molar-refractivity contribution in [3.05, 3.63) is 0 Å². The maximum atomic E-state index is 11.4. The summed E-state index contributed by atoms with van der Waals surface area (Å²) in [6.07, 6.45) is -1.59. The Labute approximate surface area is 94.9 Å². The molecule has 2 N–H and O–H groups in total. The topological polar surface area (TPSA) is 84.9 Å². The Kier molecular flexibility index (Phi) is 5.40. The minimum absolute atomic E-state index is 0.451. The Bertz CT molecular complexity index is 258. The molecule has 6 nitrogen and oxygen atoms in total. The van der Waals surface area contributed by atoms with Crippen molar-refractivity contribution in [2.75, 3.05) is 14.2 Å². The van der Waals surface area contributed by atoms with Crippen LogP contribution in [0.5, 0.6) is 0 Å². The predicted octanol–water partition coefficient (Wildman–Crippen LogP) is -0.550. The van der Waals surface area contributed by atoms with E-state index in [9.17, 15) is 14.7 Å². The summed E-state index contributed by atoms with van der Waals surface area (Å²) < 4.78 is 8.87. The summed E-state index contributed by atoms with van der Waals surface area (Å²) in [5.74, 6) is -1.60. The number of aliphatic hydroxyl groups excluding tert-OH is 1. The van der Waals surface area contributed by atoms with Crippen LogP contribution >= 0.6 is 0 Å². The lowest BCUT2D eigenvalue weighted by molar-refractivity contribution is -0.160. The summed E-state index contributed by atoms with van der Waals surface area (Å²) in [5, 5.41) is 12.4. The van der Waals surface area contributed by atoms with Gasteiger partial charge in [-0.15, -0.1) is 0 Å². The maximum Gasteiger partial charge on any atom is 0.336 e. The third-order valence-electron chi connectivity index (χ3n) is 1.80. The molecule has 16 heavy (non-hydrogen) atoms. The lowest BCUT2D eigenvalue weighted by atomic mass is 10.0.